The molecule has 0 amide bonds. The van der Waals surface area contributed by atoms with E-state index in [4.69, 9.17) is 0 Å². The first-order valence-corrected chi connectivity index (χ1v) is 8.27. The van der Waals surface area contributed by atoms with E-state index in [0.717, 1.165) is 6.07 Å². The Hall–Kier alpha value is -0.223. The van der Waals surface area contributed by atoms with Crippen LogP contribution < -0.4 is 5.19 Å². The summed E-state index contributed by atoms with van der Waals surface area (Å²) in [6.07, 6.45) is 0. The zero-order valence-corrected chi connectivity index (χ0v) is 10.4. The van der Waals surface area contributed by atoms with Crippen LogP contribution in [0.2, 0.25) is 19.6 Å². The maximum atomic E-state index is 13.4. The highest BCUT2D eigenvalue weighted by molar-refractivity contribution is 9.10. The van der Waals surface area contributed by atoms with Gasteiger partial charge in [-0.15, -0.1) is 0 Å². The lowest BCUT2D eigenvalue weighted by Crippen LogP contribution is -2.41. The summed E-state index contributed by atoms with van der Waals surface area (Å²) in [4.78, 5) is 0. The molecule has 0 heterocycles. The molecule has 1 rings (SSSR count). The number of halogens is 3. The largest absolute Gasteiger partial charge is 0.204 e. The maximum Gasteiger partial charge on any atom is 0.159 e. The molecule has 0 nitrogen and oxygen atoms in total. The van der Waals surface area contributed by atoms with Crippen LogP contribution in [0, 0.1) is 11.6 Å². The summed E-state index contributed by atoms with van der Waals surface area (Å²) in [5.74, 6) is -1.46. The Labute approximate surface area is 86.1 Å². The SMILES string of the molecule is C[Si](C)(C)c1c(Br)ccc(F)c1F. The molecule has 1 aromatic rings. The van der Waals surface area contributed by atoms with E-state index in [1.54, 1.807) is 6.07 Å². The van der Waals surface area contributed by atoms with Crippen LogP contribution in [0.25, 0.3) is 0 Å². The molecule has 0 aliphatic heterocycles. The van der Waals surface area contributed by atoms with Crippen LogP contribution in [0.5, 0.6) is 0 Å². The minimum Gasteiger partial charge on any atom is -0.204 e. The summed E-state index contributed by atoms with van der Waals surface area (Å²) in [7, 11) is -1.82. The Morgan fingerprint density at radius 1 is 1.15 bits per heavy atom. The van der Waals surface area contributed by atoms with Crippen LogP contribution in [0.1, 0.15) is 0 Å². The zero-order chi connectivity index (χ0) is 10.2. The molecule has 0 aromatic heterocycles. The molecule has 0 N–H and O–H groups in total. The molecule has 0 aliphatic rings. The van der Waals surface area contributed by atoms with Gasteiger partial charge in [-0.3, -0.25) is 0 Å². The van der Waals surface area contributed by atoms with Gasteiger partial charge in [0.25, 0.3) is 0 Å². The van der Waals surface area contributed by atoms with E-state index in [2.05, 4.69) is 15.9 Å². The third kappa shape index (κ3) is 2.17. The highest BCUT2D eigenvalue weighted by atomic mass is 79.9. The van der Waals surface area contributed by atoms with Crippen molar-refractivity contribution in [3.63, 3.8) is 0 Å². The molecule has 0 saturated heterocycles. The molecule has 0 saturated carbocycles. The van der Waals surface area contributed by atoms with Crippen molar-refractivity contribution in [2.45, 2.75) is 19.6 Å². The van der Waals surface area contributed by atoms with Crippen molar-refractivity contribution in [1.29, 1.82) is 0 Å². The fourth-order valence-electron chi connectivity index (χ4n) is 1.21. The van der Waals surface area contributed by atoms with Crippen molar-refractivity contribution in [3.05, 3.63) is 28.2 Å². The topological polar surface area (TPSA) is 0 Å². The fraction of sp³-hybridized carbons (Fsp3) is 0.333. The molecular weight excluding hydrogens is 254 g/mol. The summed E-state index contributed by atoms with van der Waals surface area (Å²) >= 11 is 3.25. The van der Waals surface area contributed by atoms with Crippen LogP contribution in [0.3, 0.4) is 0 Å². The minimum absolute atomic E-state index is 0.521. The molecule has 0 bridgehead atoms. The maximum absolute atomic E-state index is 13.4. The van der Waals surface area contributed by atoms with Gasteiger partial charge in [0.15, 0.2) is 11.6 Å². The second-order valence-electron chi connectivity index (χ2n) is 3.97. The van der Waals surface area contributed by atoms with E-state index in [1.165, 1.54) is 0 Å². The fourth-order valence-corrected chi connectivity index (χ4v) is 4.88. The zero-order valence-electron chi connectivity index (χ0n) is 7.79. The van der Waals surface area contributed by atoms with Crippen LogP contribution in [-0.4, -0.2) is 8.07 Å². The Bertz CT molecular complexity index is 331. The van der Waals surface area contributed by atoms with Gasteiger partial charge < -0.3 is 0 Å². The highest BCUT2D eigenvalue weighted by Crippen LogP contribution is 2.17. The van der Waals surface area contributed by atoms with E-state index >= 15 is 0 Å². The standard InChI is InChI=1S/C9H11BrF2Si/c1-13(2,3)9-6(10)4-5-7(11)8(9)12/h4-5H,1-3H3. The predicted octanol–water partition coefficient (Wildman–Crippen LogP) is 3.27. The third-order valence-electron chi connectivity index (χ3n) is 1.79. The van der Waals surface area contributed by atoms with Crippen molar-refractivity contribution in [3.8, 4) is 0 Å². The summed E-state index contributed by atoms with van der Waals surface area (Å²) in [5, 5.41) is 0.521. The van der Waals surface area contributed by atoms with Crippen LogP contribution in [-0.2, 0) is 0 Å². The van der Waals surface area contributed by atoms with Gasteiger partial charge in [-0.1, -0.05) is 35.6 Å². The lowest BCUT2D eigenvalue weighted by atomic mass is 10.3. The van der Waals surface area contributed by atoms with Gasteiger partial charge in [0, 0.05) is 4.47 Å². The molecule has 72 valence electrons. The first-order valence-electron chi connectivity index (χ1n) is 3.98. The molecule has 0 spiro atoms. The summed E-state index contributed by atoms with van der Waals surface area (Å²) in [5.41, 5.74) is 0. The summed E-state index contributed by atoms with van der Waals surface area (Å²) < 4.78 is 27.0. The number of benzene rings is 1. The quantitative estimate of drug-likeness (QED) is 0.540. The lowest BCUT2D eigenvalue weighted by molar-refractivity contribution is 0.513. The Morgan fingerprint density at radius 2 is 1.69 bits per heavy atom. The molecule has 0 unspecified atom stereocenters. The number of hydrogen-bond acceptors (Lipinski definition) is 0. The Balaban J connectivity index is 3.43. The molecule has 0 radical (unpaired) electrons. The van der Waals surface area contributed by atoms with Gasteiger partial charge in [-0.2, -0.15) is 0 Å². The number of hydrogen-bond donors (Lipinski definition) is 0. The van der Waals surface area contributed by atoms with Crippen molar-refractivity contribution in [2.24, 2.45) is 0 Å². The van der Waals surface area contributed by atoms with E-state index in [9.17, 15) is 8.78 Å². The van der Waals surface area contributed by atoms with Crippen molar-refractivity contribution in [1.82, 2.24) is 0 Å². The first-order chi connectivity index (χ1) is 5.84. The molecule has 4 heteroatoms. The number of rotatable bonds is 1. The monoisotopic (exact) mass is 264 g/mol. The minimum atomic E-state index is -1.82. The molecule has 13 heavy (non-hydrogen) atoms. The van der Waals surface area contributed by atoms with Crippen molar-refractivity contribution < 1.29 is 8.78 Å². The first kappa shape index (κ1) is 10.9. The predicted molar refractivity (Wildman–Crippen MR) is 57.0 cm³/mol. The smallest absolute Gasteiger partial charge is 0.159 e. The van der Waals surface area contributed by atoms with Gasteiger partial charge in [0.1, 0.15) is 0 Å². The second kappa shape index (κ2) is 3.50. The summed E-state index contributed by atoms with van der Waals surface area (Å²) in [6, 6.07) is 2.70. The van der Waals surface area contributed by atoms with Crippen molar-refractivity contribution in [2.75, 3.05) is 0 Å². The van der Waals surface area contributed by atoms with Gasteiger partial charge in [0.05, 0.1) is 8.07 Å². The van der Waals surface area contributed by atoms with Crippen LogP contribution in [0.15, 0.2) is 16.6 Å². The average Bonchev–Trinajstić information content (AvgIpc) is 1.95. The van der Waals surface area contributed by atoms with E-state index in [1.807, 2.05) is 19.6 Å². The highest BCUT2D eigenvalue weighted by Gasteiger charge is 2.25. The average molecular weight is 265 g/mol. The van der Waals surface area contributed by atoms with E-state index < -0.39 is 19.7 Å². The molecule has 0 fully saturated rings. The summed E-state index contributed by atoms with van der Waals surface area (Å²) in [6.45, 7) is 5.95. The van der Waals surface area contributed by atoms with E-state index in [-0.39, 0.29) is 0 Å². The van der Waals surface area contributed by atoms with Crippen LogP contribution >= 0.6 is 15.9 Å². The molecule has 0 aliphatic carbocycles. The van der Waals surface area contributed by atoms with Gasteiger partial charge in [0.2, 0.25) is 0 Å². The van der Waals surface area contributed by atoms with Gasteiger partial charge in [-0.25, -0.2) is 8.78 Å². The van der Waals surface area contributed by atoms with Crippen LogP contribution in [0.4, 0.5) is 8.78 Å². The molecule has 1 aromatic carbocycles. The normalized spacial score (nSPS) is 11.8. The third-order valence-corrected chi connectivity index (χ3v) is 4.81. The Kier molecular flexibility index (Phi) is 2.92. The van der Waals surface area contributed by atoms with Crippen molar-refractivity contribution >= 4 is 29.2 Å². The Morgan fingerprint density at radius 3 is 2.08 bits per heavy atom. The second-order valence-corrected chi connectivity index (χ2v) is 9.82. The molecular formula is C9H11BrF2Si. The lowest BCUT2D eigenvalue weighted by Gasteiger charge is -2.19. The van der Waals surface area contributed by atoms with E-state index in [0.29, 0.717) is 9.66 Å². The van der Waals surface area contributed by atoms with Gasteiger partial charge >= 0.3 is 0 Å². The van der Waals surface area contributed by atoms with Gasteiger partial charge in [-0.05, 0) is 17.3 Å². The molecule has 0 atom stereocenters.